The minimum Gasteiger partial charge on any atom is -0.486 e. The van der Waals surface area contributed by atoms with Gasteiger partial charge in [0.2, 0.25) is 0 Å². The first kappa shape index (κ1) is 26.6. The van der Waals surface area contributed by atoms with Gasteiger partial charge in [-0.1, -0.05) is 0 Å². The molecule has 4 rings (SSSR count). The molecular weight excluding hydrogens is 526 g/mol. The van der Waals surface area contributed by atoms with E-state index < -0.39 is 36.1 Å². The van der Waals surface area contributed by atoms with E-state index in [1.165, 1.54) is 17.0 Å². The third-order valence-corrected chi connectivity index (χ3v) is 6.24. The zero-order valence-corrected chi connectivity index (χ0v) is 20.0. The molecule has 0 spiro atoms. The number of likely N-dealkylation sites (tertiary alicyclic amines) is 1. The molecule has 2 N–H and O–H groups in total. The van der Waals surface area contributed by atoms with Gasteiger partial charge in [-0.25, -0.2) is 23.1 Å². The van der Waals surface area contributed by atoms with Crippen LogP contribution in [0.3, 0.4) is 0 Å². The summed E-state index contributed by atoms with van der Waals surface area (Å²) < 4.78 is 87.4. The Hall–Kier alpha value is -3.46. The second kappa shape index (κ2) is 10.9. The maximum atomic E-state index is 14.3. The Balaban J connectivity index is 1.44. The monoisotopic (exact) mass is 546 g/mol. The number of hydrogen-bond donors (Lipinski definition) is 2. The Kier molecular flexibility index (Phi) is 7.82. The molecular formula is C22H20F6N6O2S. The van der Waals surface area contributed by atoms with Gasteiger partial charge in [-0.2, -0.15) is 17.5 Å². The number of aryl methyl sites for hydroxylation is 1. The summed E-state index contributed by atoms with van der Waals surface area (Å²) >= 11 is 0.896. The highest BCUT2D eigenvalue weighted by Crippen LogP contribution is 2.31. The fourth-order valence-electron chi connectivity index (χ4n) is 3.68. The number of ether oxygens (including phenoxy) is 1. The summed E-state index contributed by atoms with van der Waals surface area (Å²) in [5.41, 5.74) is -0.509. The van der Waals surface area contributed by atoms with Crippen molar-refractivity contribution in [2.24, 2.45) is 0 Å². The van der Waals surface area contributed by atoms with Crippen LogP contribution in [0.5, 0.6) is 5.75 Å². The van der Waals surface area contributed by atoms with E-state index in [1.54, 1.807) is 6.92 Å². The third kappa shape index (κ3) is 6.65. The zero-order chi connectivity index (χ0) is 26.7. The molecule has 1 fully saturated rings. The third-order valence-electron chi connectivity index (χ3n) is 5.38. The molecule has 2 aromatic heterocycles. The first-order valence-corrected chi connectivity index (χ1v) is 11.7. The van der Waals surface area contributed by atoms with E-state index in [9.17, 15) is 31.1 Å². The molecule has 1 atom stereocenters. The van der Waals surface area contributed by atoms with Gasteiger partial charge in [-0.15, -0.1) is 0 Å². The van der Waals surface area contributed by atoms with Crippen LogP contribution in [0.1, 0.15) is 28.2 Å². The Morgan fingerprint density at radius 2 is 2.05 bits per heavy atom. The summed E-state index contributed by atoms with van der Waals surface area (Å²) in [6.45, 7) is 1.80. The second-order valence-electron chi connectivity index (χ2n) is 8.16. The number of carbonyl (C=O) groups excluding carboxylic acids is 1. The number of alkyl halides is 5. The van der Waals surface area contributed by atoms with Crippen molar-refractivity contribution in [1.82, 2.24) is 19.2 Å². The van der Waals surface area contributed by atoms with E-state index in [0.717, 1.165) is 23.8 Å². The van der Waals surface area contributed by atoms with Gasteiger partial charge in [0, 0.05) is 24.8 Å². The number of nitrogens with one attached hydrogen (secondary N) is 2. The van der Waals surface area contributed by atoms with Gasteiger partial charge < -0.3 is 15.4 Å². The standard InChI is InChI=1S/C22H20F6N6O2S/c1-11-19(21(37-33-11)32-18-8-29-16(7-30-18)22(26,27)28)20(35)31-12-2-3-14(23)15(6-12)36-13-4-5-34(9-13)10-17(24)25/h2-3,6-8,13,17H,4-5,9-10H2,1H3,(H,30,32)(H,31,35). The van der Waals surface area contributed by atoms with Crippen molar-refractivity contribution in [2.45, 2.75) is 32.1 Å². The van der Waals surface area contributed by atoms with Gasteiger partial charge in [0.15, 0.2) is 17.3 Å². The fourth-order valence-corrected chi connectivity index (χ4v) is 4.48. The second-order valence-corrected chi connectivity index (χ2v) is 8.93. The van der Waals surface area contributed by atoms with Crippen molar-refractivity contribution in [3.63, 3.8) is 0 Å². The Morgan fingerprint density at radius 3 is 2.73 bits per heavy atom. The molecule has 3 heterocycles. The molecule has 1 aliphatic rings. The average molecular weight is 546 g/mol. The van der Waals surface area contributed by atoms with Crippen molar-refractivity contribution in [3.8, 4) is 5.75 Å². The molecule has 198 valence electrons. The lowest BCUT2D eigenvalue weighted by Crippen LogP contribution is -2.29. The number of halogens is 6. The van der Waals surface area contributed by atoms with Crippen LogP contribution in [-0.2, 0) is 6.18 Å². The average Bonchev–Trinajstić information content (AvgIpc) is 3.41. The summed E-state index contributed by atoms with van der Waals surface area (Å²) in [6, 6.07) is 3.71. The van der Waals surface area contributed by atoms with E-state index in [0.29, 0.717) is 24.9 Å². The van der Waals surface area contributed by atoms with E-state index in [1.807, 2.05) is 0 Å². The molecule has 0 bridgehead atoms. The molecule has 0 saturated carbocycles. The Labute approximate surface area is 210 Å². The quantitative estimate of drug-likeness (QED) is 0.379. The lowest BCUT2D eigenvalue weighted by molar-refractivity contribution is -0.141. The molecule has 8 nitrogen and oxygen atoms in total. The number of amides is 1. The van der Waals surface area contributed by atoms with Crippen molar-refractivity contribution in [2.75, 3.05) is 30.3 Å². The summed E-state index contributed by atoms with van der Waals surface area (Å²) in [5.74, 6) is -1.46. The van der Waals surface area contributed by atoms with Gasteiger partial charge in [-0.05, 0) is 37.0 Å². The van der Waals surface area contributed by atoms with Crippen LogP contribution >= 0.6 is 11.5 Å². The van der Waals surface area contributed by atoms with E-state index >= 15 is 0 Å². The van der Waals surface area contributed by atoms with Crippen LogP contribution in [-0.4, -0.2) is 57.3 Å². The summed E-state index contributed by atoms with van der Waals surface area (Å²) in [7, 11) is 0. The van der Waals surface area contributed by atoms with Gasteiger partial charge in [0.1, 0.15) is 16.9 Å². The van der Waals surface area contributed by atoms with Crippen molar-refractivity contribution < 1.29 is 35.9 Å². The lowest BCUT2D eigenvalue weighted by Gasteiger charge is -2.17. The fraction of sp³-hybridized carbons (Fsp3) is 0.364. The van der Waals surface area contributed by atoms with Crippen LogP contribution < -0.4 is 15.4 Å². The first-order valence-electron chi connectivity index (χ1n) is 10.9. The van der Waals surface area contributed by atoms with Crippen LogP contribution in [0.4, 0.5) is 42.8 Å². The highest BCUT2D eigenvalue weighted by molar-refractivity contribution is 7.10. The van der Waals surface area contributed by atoms with Gasteiger partial charge in [0.05, 0.1) is 30.2 Å². The maximum absolute atomic E-state index is 14.3. The molecule has 1 unspecified atom stereocenters. The predicted octanol–water partition coefficient (Wildman–Crippen LogP) is 5.11. The molecule has 0 aliphatic carbocycles. The first-order chi connectivity index (χ1) is 17.5. The van der Waals surface area contributed by atoms with Gasteiger partial charge >= 0.3 is 6.18 Å². The molecule has 15 heteroatoms. The smallest absolute Gasteiger partial charge is 0.434 e. The summed E-state index contributed by atoms with van der Waals surface area (Å²) in [4.78, 5) is 21.5. The molecule has 1 aromatic carbocycles. The lowest BCUT2D eigenvalue weighted by atomic mass is 10.2. The topological polar surface area (TPSA) is 92.3 Å². The van der Waals surface area contributed by atoms with Crippen molar-refractivity contribution >= 4 is 33.9 Å². The number of hydrogen-bond acceptors (Lipinski definition) is 8. The van der Waals surface area contributed by atoms with Crippen LogP contribution in [0.25, 0.3) is 0 Å². The zero-order valence-electron chi connectivity index (χ0n) is 19.2. The Bertz CT molecular complexity index is 1250. The van der Waals surface area contributed by atoms with Crippen molar-refractivity contribution in [3.05, 3.63) is 53.4 Å². The number of nitrogens with zero attached hydrogens (tertiary/aromatic N) is 4. The van der Waals surface area contributed by atoms with Crippen LogP contribution in [0.2, 0.25) is 0 Å². The van der Waals surface area contributed by atoms with E-state index in [4.69, 9.17) is 4.74 Å². The molecule has 1 saturated heterocycles. The normalized spacial score (nSPS) is 16.3. The molecule has 3 aromatic rings. The van der Waals surface area contributed by atoms with Gasteiger partial charge in [0.25, 0.3) is 12.3 Å². The number of aromatic nitrogens is 3. The molecule has 0 radical (unpaired) electrons. The van der Waals surface area contributed by atoms with E-state index in [2.05, 4.69) is 25.0 Å². The number of benzene rings is 1. The number of anilines is 3. The SMILES string of the molecule is Cc1nsc(Nc2cnc(C(F)(F)F)cn2)c1C(=O)Nc1ccc(F)c(OC2CCN(CC(F)F)C2)c1. The predicted molar refractivity (Wildman–Crippen MR) is 123 cm³/mol. The van der Waals surface area contributed by atoms with E-state index in [-0.39, 0.29) is 40.9 Å². The largest absolute Gasteiger partial charge is 0.486 e. The molecule has 1 amide bonds. The Morgan fingerprint density at radius 1 is 1.27 bits per heavy atom. The van der Waals surface area contributed by atoms with Crippen LogP contribution in [0.15, 0.2) is 30.6 Å². The highest BCUT2D eigenvalue weighted by atomic mass is 32.1. The summed E-state index contributed by atoms with van der Waals surface area (Å²) in [5, 5.41) is 5.57. The molecule has 37 heavy (non-hydrogen) atoms. The minimum atomic E-state index is -4.64. The maximum Gasteiger partial charge on any atom is 0.434 e. The number of carbonyl (C=O) groups is 1. The van der Waals surface area contributed by atoms with Crippen LogP contribution in [0, 0.1) is 12.7 Å². The summed E-state index contributed by atoms with van der Waals surface area (Å²) in [6.07, 6.45) is -5.71. The van der Waals surface area contributed by atoms with Gasteiger partial charge in [-0.3, -0.25) is 9.69 Å². The minimum absolute atomic E-state index is 0.0272. The van der Waals surface area contributed by atoms with Crippen molar-refractivity contribution in [1.29, 1.82) is 0 Å². The molecule has 1 aliphatic heterocycles. The number of rotatable bonds is 8. The highest BCUT2D eigenvalue weighted by Gasteiger charge is 2.33.